The standard InChI is InChI=1S/C22H25N3O6/c1-29-21(27)18-13-17(25-9-11-30-12-10-25)7-8-19(18)24-20(26)14-23-22(28)31-15-16-5-3-2-4-6-16/h2-8,13H,9-12,14-15H2,1H3,(H,23,28)(H,24,26). The van der Waals surface area contributed by atoms with Crippen LogP contribution in [-0.2, 0) is 25.6 Å². The van der Waals surface area contributed by atoms with Crippen molar-refractivity contribution in [2.45, 2.75) is 6.61 Å². The quantitative estimate of drug-likeness (QED) is 0.653. The number of nitrogens with one attached hydrogen (secondary N) is 2. The summed E-state index contributed by atoms with van der Waals surface area (Å²) in [6, 6.07) is 14.3. The Hall–Kier alpha value is -3.59. The van der Waals surface area contributed by atoms with Crippen molar-refractivity contribution < 1.29 is 28.6 Å². The van der Waals surface area contributed by atoms with Gasteiger partial charge in [-0.3, -0.25) is 4.79 Å². The number of anilines is 2. The molecule has 2 amide bonds. The number of esters is 1. The van der Waals surface area contributed by atoms with E-state index >= 15 is 0 Å². The second-order valence-corrected chi connectivity index (χ2v) is 6.78. The maximum absolute atomic E-state index is 12.3. The molecule has 2 aromatic carbocycles. The Morgan fingerprint density at radius 1 is 1.06 bits per heavy atom. The van der Waals surface area contributed by atoms with Gasteiger partial charge in [-0.25, -0.2) is 9.59 Å². The highest BCUT2D eigenvalue weighted by Crippen LogP contribution is 2.25. The molecule has 1 aliphatic heterocycles. The third-order valence-electron chi connectivity index (χ3n) is 4.66. The first-order valence-electron chi connectivity index (χ1n) is 9.86. The van der Waals surface area contributed by atoms with Crippen LogP contribution < -0.4 is 15.5 Å². The minimum absolute atomic E-state index is 0.101. The lowest BCUT2D eigenvalue weighted by Crippen LogP contribution is -2.36. The molecule has 1 aliphatic rings. The summed E-state index contributed by atoms with van der Waals surface area (Å²) in [5.74, 6) is -1.07. The SMILES string of the molecule is COC(=O)c1cc(N2CCOCC2)ccc1NC(=O)CNC(=O)OCc1ccccc1. The molecule has 1 heterocycles. The molecular weight excluding hydrogens is 402 g/mol. The highest BCUT2D eigenvalue weighted by Gasteiger charge is 2.19. The van der Waals surface area contributed by atoms with Crippen molar-refractivity contribution >= 4 is 29.3 Å². The highest BCUT2D eigenvalue weighted by molar-refractivity contribution is 6.03. The fraction of sp³-hybridized carbons (Fsp3) is 0.318. The number of nitrogens with zero attached hydrogens (tertiary/aromatic N) is 1. The van der Waals surface area contributed by atoms with Crippen LogP contribution in [-0.4, -0.2) is 57.9 Å². The largest absolute Gasteiger partial charge is 0.465 e. The number of alkyl carbamates (subject to hydrolysis) is 1. The Labute approximate surface area is 180 Å². The Morgan fingerprint density at radius 3 is 2.52 bits per heavy atom. The number of rotatable bonds is 7. The number of carbonyl (C=O) groups excluding carboxylic acids is 3. The van der Waals surface area contributed by atoms with Crippen molar-refractivity contribution in [3.05, 3.63) is 59.7 Å². The van der Waals surface area contributed by atoms with Gasteiger partial charge in [0.25, 0.3) is 0 Å². The van der Waals surface area contributed by atoms with Crippen LogP contribution in [0.1, 0.15) is 15.9 Å². The zero-order chi connectivity index (χ0) is 22.1. The molecule has 0 unspecified atom stereocenters. The number of ether oxygens (including phenoxy) is 3. The van der Waals surface area contributed by atoms with Gasteiger partial charge in [-0.15, -0.1) is 0 Å². The monoisotopic (exact) mass is 427 g/mol. The average molecular weight is 427 g/mol. The van der Waals surface area contributed by atoms with Gasteiger partial charge < -0.3 is 29.7 Å². The molecule has 1 fully saturated rings. The van der Waals surface area contributed by atoms with Crippen LogP contribution in [0.4, 0.5) is 16.2 Å². The third-order valence-corrected chi connectivity index (χ3v) is 4.66. The van der Waals surface area contributed by atoms with Gasteiger partial charge in [0.15, 0.2) is 0 Å². The van der Waals surface area contributed by atoms with Gasteiger partial charge in [-0.2, -0.15) is 0 Å². The van der Waals surface area contributed by atoms with Crippen LogP contribution in [0.25, 0.3) is 0 Å². The lowest BCUT2D eigenvalue weighted by molar-refractivity contribution is -0.115. The molecule has 2 aromatic rings. The van der Waals surface area contributed by atoms with Crippen LogP contribution in [0.15, 0.2) is 48.5 Å². The molecule has 9 nitrogen and oxygen atoms in total. The van der Waals surface area contributed by atoms with Crippen molar-refractivity contribution in [3.8, 4) is 0 Å². The zero-order valence-electron chi connectivity index (χ0n) is 17.3. The summed E-state index contributed by atoms with van der Waals surface area (Å²) in [4.78, 5) is 38.4. The summed E-state index contributed by atoms with van der Waals surface area (Å²) >= 11 is 0. The van der Waals surface area contributed by atoms with Crippen LogP contribution in [0.5, 0.6) is 0 Å². The Balaban J connectivity index is 1.56. The number of amides is 2. The Morgan fingerprint density at radius 2 is 1.81 bits per heavy atom. The minimum Gasteiger partial charge on any atom is -0.465 e. The minimum atomic E-state index is -0.713. The fourth-order valence-corrected chi connectivity index (χ4v) is 3.06. The molecule has 2 N–H and O–H groups in total. The molecule has 164 valence electrons. The lowest BCUT2D eigenvalue weighted by atomic mass is 10.1. The summed E-state index contributed by atoms with van der Waals surface area (Å²) in [5.41, 5.74) is 2.20. The summed E-state index contributed by atoms with van der Waals surface area (Å²) in [6.45, 7) is 2.43. The molecule has 0 bridgehead atoms. The number of morpholine rings is 1. The Bertz CT molecular complexity index is 913. The van der Waals surface area contributed by atoms with E-state index in [0.29, 0.717) is 32.0 Å². The van der Waals surface area contributed by atoms with Crippen molar-refractivity contribution in [2.24, 2.45) is 0 Å². The van der Waals surface area contributed by atoms with Gasteiger partial charge in [0.1, 0.15) is 13.2 Å². The van der Waals surface area contributed by atoms with E-state index in [1.807, 2.05) is 36.4 Å². The summed E-state index contributed by atoms with van der Waals surface area (Å²) in [5, 5.41) is 5.02. The number of benzene rings is 2. The molecule has 31 heavy (non-hydrogen) atoms. The van der Waals surface area contributed by atoms with E-state index in [-0.39, 0.29) is 18.7 Å². The smallest absolute Gasteiger partial charge is 0.407 e. The molecule has 3 rings (SSSR count). The van der Waals surface area contributed by atoms with Gasteiger partial charge in [0.05, 0.1) is 31.6 Å². The summed E-state index contributed by atoms with van der Waals surface area (Å²) < 4.78 is 15.3. The topological polar surface area (TPSA) is 106 Å². The predicted molar refractivity (Wildman–Crippen MR) is 114 cm³/mol. The fourth-order valence-electron chi connectivity index (χ4n) is 3.06. The van der Waals surface area contributed by atoms with Crippen LogP contribution in [0.2, 0.25) is 0 Å². The number of hydrogen-bond donors (Lipinski definition) is 2. The van der Waals surface area contributed by atoms with Crippen molar-refractivity contribution in [1.82, 2.24) is 5.32 Å². The molecular formula is C22H25N3O6. The Kier molecular flexibility index (Phi) is 7.83. The van der Waals surface area contributed by atoms with Crippen LogP contribution >= 0.6 is 0 Å². The first-order valence-corrected chi connectivity index (χ1v) is 9.86. The van der Waals surface area contributed by atoms with E-state index in [2.05, 4.69) is 15.5 Å². The average Bonchev–Trinajstić information content (AvgIpc) is 2.82. The highest BCUT2D eigenvalue weighted by atomic mass is 16.5. The molecule has 0 spiro atoms. The van der Waals surface area contributed by atoms with E-state index in [0.717, 1.165) is 11.3 Å². The normalized spacial score (nSPS) is 13.3. The van der Waals surface area contributed by atoms with Gasteiger partial charge >= 0.3 is 12.1 Å². The number of hydrogen-bond acceptors (Lipinski definition) is 7. The van der Waals surface area contributed by atoms with E-state index in [4.69, 9.17) is 14.2 Å². The molecule has 0 saturated carbocycles. The van der Waals surface area contributed by atoms with Crippen LogP contribution in [0.3, 0.4) is 0 Å². The lowest BCUT2D eigenvalue weighted by Gasteiger charge is -2.29. The van der Waals surface area contributed by atoms with Crippen molar-refractivity contribution in [3.63, 3.8) is 0 Å². The van der Waals surface area contributed by atoms with Gasteiger partial charge in [-0.05, 0) is 23.8 Å². The van der Waals surface area contributed by atoms with E-state index < -0.39 is 18.0 Å². The summed E-state index contributed by atoms with van der Waals surface area (Å²) in [7, 11) is 1.28. The molecule has 0 radical (unpaired) electrons. The van der Waals surface area contributed by atoms with Crippen molar-refractivity contribution in [2.75, 3.05) is 50.2 Å². The van der Waals surface area contributed by atoms with Gasteiger partial charge in [0.2, 0.25) is 5.91 Å². The van der Waals surface area contributed by atoms with Crippen molar-refractivity contribution in [1.29, 1.82) is 0 Å². The maximum Gasteiger partial charge on any atom is 0.407 e. The second kappa shape index (κ2) is 11.0. The van der Waals surface area contributed by atoms with Crippen LogP contribution in [0, 0.1) is 0 Å². The molecule has 0 aliphatic carbocycles. The maximum atomic E-state index is 12.3. The molecule has 0 atom stereocenters. The molecule has 0 aromatic heterocycles. The summed E-state index contributed by atoms with van der Waals surface area (Å²) in [6.07, 6.45) is -0.713. The van der Waals surface area contributed by atoms with E-state index in [1.54, 1.807) is 12.1 Å². The molecule has 9 heteroatoms. The third kappa shape index (κ3) is 6.45. The van der Waals surface area contributed by atoms with E-state index in [9.17, 15) is 14.4 Å². The predicted octanol–water partition coefficient (Wildman–Crippen LogP) is 2.17. The first-order chi connectivity index (χ1) is 15.1. The van der Waals surface area contributed by atoms with Gasteiger partial charge in [-0.1, -0.05) is 30.3 Å². The van der Waals surface area contributed by atoms with E-state index in [1.165, 1.54) is 7.11 Å². The number of carbonyl (C=O) groups is 3. The molecule has 1 saturated heterocycles. The van der Waals surface area contributed by atoms with Gasteiger partial charge in [0, 0.05) is 18.8 Å². The zero-order valence-corrected chi connectivity index (χ0v) is 17.3. The number of methoxy groups -OCH3 is 1. The second-order valence-electron chi connectivity index (χ2n) is 6.78. The first kappa shape index (κ1) is 22.1.